The van der Waals surface area contributed by atoms with Gasteiger partial charge in [-0.15, -0.1) is 0 Å². The predicted octanol–water partition coefficient (Wildman–Crippen LogP) is 2.54. The number of ether oxygens (including phenoxy) is 1. The van der Waals surface area contributed by atoms with Crippen LogP contribution in [-0.2, 0) is 11.3 Å². The Bertz CT molecular complexity index is 496. The van der Waals surface area contributed by atoms with Gasteiger partial charge in [0.2, 0.25) is 0 Å². The van der Waals surface area contributed by atoms with Gasteiger partial charge in [-0.05, 0) is 24.8 Å². The SMILES string of the molecule is Cc1ccc(CNC(=O)NC[C@H](CC(C)C)N2CCOCC2)cc1. The van der Waals surface area contributed by atoms with Crippen LogP contribution in [0, 0.1) is 12.8 Å². The van der Waals surface area contributed by atoms with E-state index in [1.54, 1.807) is 0 Å². The number of hydrogen-bond acceptors (Lipinski definition) is 3. The molecule has 1 saturated heterocycles. The molecule has 0 unspecified atom stereocenters. The minimum absolute atomic E-state index is 0.0995. The lowest BCUT2D eigenvalue weighted by molar-refractivity contribution is 0.0129. The van der Waals surface area contributed by atoms with E-state index < -0.39 is 0 Å². The molecule has 1 aromatic rings. The van der Waals surface area contributed by atoms with Crippen molar-refractivity contribution in [1.29, 1.82) is 0 Å². The Morgan fingerprint density at radius 1 is 1.17 bits per heavy atom. The summed E-state index contributed by atoms with van der Waals surface area (Å²) in [6, 6.07) is 8.49. The van der Waals surface area contributed by atoms with Crippen LogP contribution in [0.15, 0.2) is 24.3 Å². The van der Waals surface area contributed by atoms with Crippen molar-refractivity contribution in [3.8, 4) is 0 Å². The molecule has 0 aliphatic carbocycles. The van der Waals surface area contributed by atoms with E-state index in [4.69, 9.17) is 4.74 Å². The summed E-state index contributed by atoms with van der Waals surface area (Å²) in [4.78, 5) is 14.5. The molecule has 1 aromatic carbocycles. The summed E-state index contributed by atoms with van der Waals surface area (Å²) in [5, 5.41) is 5.97. The predicted molar refractivity (Wildman–Crippen MR) is 97.1 cm³/mol. The average molecular weight is 333 g/mol. The highest BCUT2D eigenvalue weighted by Gasteiger charge is 2.22. The molecule has 5 nitrogen and oxygen atoms in total. The molecule has 134 valence electrons. The van der Waals surface area contributed by atoms with E-state index in [1.165, 1.54) is 5.56 Å². The van der Waals surface area contributed by atoms with E-state index in [2.05, 4.69) is 48.4 Å². The maximum atomic E-state index is 12.1. The fourth-order valence-corrected chi connectivity index (χ4v) is 3.01. The molecule has 2 amide bonds. The van der Waals surface area contributed by atoms with E-state index in [9.17, 15) is 4.79 Å². The van der Waals surface area contributed by atoms with Crippen LogP contribution in [0.1, 0.15) is 31.4 Å². The number of carbonyl (C=O) groups is 1. The molecular weight excluding hydrogens is 302 g/mol. The third-order valence-electron chi connectivity index (χ3n) is 4.38. The second-order valence-corrected chi connectivity index (χ2v) is 6.98. The molecule has 0 saturated carbocycles. The minimum atomic E-state index is -0.0995. The van der Waals surface area contributed by atoms with E-state index in [0.29, 0.717) is 25.0 Å². The molecule has 0 bridgehead atoms. The lowest BCUT2D eigenvalue weighted by Gasteiger charge is -2.35. The highest BCUT2D eigenvalue weighted by molar-refractivity contribution is 5.73. The van der Waals surface area contributed by atoms with Crippen molar-refractivity contribution >= 4 is 6.03 Å². The zero-order valence-corrected chi connectivity index (χ0v) is 15.2. The third kappa shape index (κ3) is 6.49. The number of rotatable bonds is 7. The zero-order valence-electron chi connectivity index (χ0n) is 15.2. The highest BCUT2D eigenvalue weighted by atomic mass is 16.5. The number of benzene rings is 1. The van der Waals surface area contributed by atoms with Gasteiger partial charge in [0.1, 0.15) is 0 Å². The van der Waals surface area contributed by atoms with Crippen molar-refractivity contribution in [2.24, 2.45) is 5.92 Å². The Hall–Kier alpha value is -1.59. The van der Waals surface area contributed by atoms with Crippen LogP contribution in [-0.4, -0.2) is 49.8 Å². The Balaban J connectivity index is 1.77. The molecule has 1 fully saturated rings. The Morgan fingerprint density at radius 2 is 1.83 bits per heavy atom. The van der Waals surface area contributed by atoms with Crippen molar-refractivity contribution in [2.75, 3.05) is 32.8 Å². The normalized spacial score (nSPS) is 16.8. The smallest absolute Gasteiger partial charge is 0.315 e. The van der Waals surface area contributed by atoms with Gasteiger partial charge in [-0.2, -0.15) is 0 Å². The maximum Gasteiger partial charge on any atom is 0.315 e. The molecule has 24 heavy (non-hydrogen) atoms. The van der Waals surface area contributed by atoms with E-state index >= 15 is 0 Å². The Kier molecular flexibility index (Phi) is 7.53. The number of nitrogens with one attached hydrogen (secondary N) is 2. The number of urea groups is 1. The third-order valence-corrected chi connectivity index (χ3v) is 4.38. The van der Waals surface area contributed by atoms with Crippen LogP contribution in [0.2, 0.25) is 0 Å². The van der Waals surface area contributed by atoms with Gasteiger partial charge in [0.25, 0.3) is 0 Å². The van der Waals surface area contributed by atoms with Crippen LogP contribution < -0.4 is 10.6 Å². The Morgan fingerprint density at radius 3 is 2.46 bits per heavy atom. The average Bonchev–Trinajstić information content (AvgIpc) is 2.58. The molecule has 0 radical (unpaired) electrons. The quantitative estimate of drug-likeness (QED) is 0.806. The molecule has 5 heteroatoms. The molecule has 1 heterocycles. The van der Waals surface area contributed by atoms with Gasteiger partial charge >= 0.3 is 6.03 Å². The molecular formula is C19H31N3O2. The zero-order chi connectivity index (χ0) is 17.4. The van der Waals surface area contributed by atoms with Gasteiger partial charge in [0, 0.05) is 32.2 Å². The topological polar surface area (TPSA) is 53.6 Å². The van der Waals surface area contributed by atoms with Crippen molar-refractivity contribution in [3.63, 3.8) is 0 Å². The monoisotopic (exact) mass is 333 g/mol. The number of hydrogen-bond donors (Lipinski definition) is 2. The number of aryl methyl sites for hydroxylation is 1. The van der Waals surface area contributed by atoms with Crippen LogP contribution in [0.5, 0.6) is 0 Å². The van der Waals surface area contributed by atoms with Crippen molar-refractivity contribution in [1.82, 2.24) is 15.5 Å². The maximum absolute atomic E-state index is 12.1. The molecule has 2 N–H and O–H groups in total. The Labute approximate surface area is 145 Å². The summed E-state index contributed by atoms with van der Waals surface area (Å²) in [6.45, 7) is 11.2. The van der Waals surface area contributed by atoms with Crippen LogP contribution in [0.4, 0.5) is 4.79 Å². The summed E-state index contributed by atoms with van der Waals surface area (Å²) in [7, 11) is 0. The highest BCUT2D eigenvalue weighted by Crippen LogP contribution is 2.13. The molecule has 0 aromatic heterocycles. The van der Waals surface area contributed by atoms with Gasteiger partial charge in [-0.3, -0.25) is 4.90 Å². The van der Waals surface area contributed by atoms with Crippen LogP contribution in [0.3, 0.4) is 0 Å². The van der Waals surface area contributed by atoms with Gasteiger partial charge in [0.15, 0.2) is 0 Å². The lowest BCUT2D eigenvalue weighted by atomic mass is 10.0. The number of amides is 2. The lowest BCUT2D eigenvalue weighted by Crippen LogP contribution is -2.50. The van der Waals surface area contributed by atoms with E-state index in [-0.39, 0.29) is 6.03 Å². The number of nitrogens with zero attached hydrogens (tertiary/aromatic N) is 1. The first-order valence-electron chi connectivity index (χ1n) is 8.93. The largest absolute Gasteiger partial charge is 0.379 e. The van der Waals surface area contributed by atoms with Crippen LogP contribution >= 0.6 is 0 Å². The first kappa shape index (κ1) is 18.7. The van der Waals surface area contributed by atoms with E-state index in [1.807, 2.05) is 12.1 Å². The molecule has 1 aliphatic rings. The summed E-state index contributed by atoms with van der Waals surface area (Å²) in [5.74, 6) is 0.607. The number of morpholine rings is 1. The van der Waals surface area contributed by atoms with Crippen LogP contribution in [0.25, 0.3) is 0 Å². The molecule has 1 aliphatic heterocycles. The standard InChI is InChI=1S/C19H31N3O2/c1-15(2)12-18(22-8-10-24-11-9-22)14-21-19(23)20-13-17-6-4-16(3)5-7-17/h4-7,15,18H,8-14H2,1-3H3,(H2,20,21,23)/t18-/m0/s1. The first-order valence-corrected chi connectivity index (χ1v) is 8.93. The van der Waals surface area contributed by atoms with E-state index in [0.717, 1.165) is 38.3 Å². The first-order chi connectivity index (χ1) is 11.5. The fraction of sp³-hybridized carbons (Fsp3) is 0.632. The molecule has 1 atom stereocenters. The van der Waals surface area contributed by atoms with Gasteiger partial charge in [-0.1, -0.05) is 43.7 Å². The van der Waals surface area contributed by atoms with Crippen molar-refractivity contribution in [3.05, 3.63) is 35.4 Å². The van der Waals surface area contributed by atoms with Gasteiger partial charge in [-0.25, -0.2) is 4.79 Å². The van der Waals surface area contributed by atoms with Gasteiger partial charge < -0.3 is 15.4 Å². The summed E-state index contributed by atoms with van der Waals surface area (Å²) in [5.41, 5.74) is 2.34. The van der Waals surface area contributed by atoms with Gasteiger partial charge in [0.05, 0.1) is 13.2 Å². The second kappa shape index (κ2) is 9.64. The number of carbonyl (C=O) groups excluding carboxylic acids is 1. The second-order valence-electron chi connectivity index (χ2n) is 6.98. The van der Waals surface area contributed by atoms with Crippen molar-refractivity contribution < 1.29 is 9.53 Å². The fourth-order valence-electron chi connectivity index (χ4n) is 3.01. The minimum Gasteiger partial charge on any atom is -0.379 e. The molecule has 0 spiro atoms. The summed E-state index contributed by atoms with van der Waals surface area (Å²) in [6.07, 6.45) is 1.08. The van der Waals surface area contributed by atoms with Crippen molar-refractivity contribution in [2.45, 2.75) is 39.8 Å². The summed E-state index contributed by atoms with van der Waals surface area (Å²) < 4.78 is 5.44. The molecule has 2 rings (SSSR count). The summed E-state index contributed by atoms with van der Waals surface area (Å²) >= 11 is 0.